The quantitative estimate of drug-likeness (QED) is 0.934. The Morgan fingerprint density at radius 1 is 1.44 bits per heavy atom. The van der Waals surface area contributed by atoms with E-state index in [1.54, 1.807) is 0 Å². The molecule has 0 spiro atoms. The fourth-order valence-corrected chi connectivity index (χ4v) is 3.67. The molecule has 0 aromatic carbocycles. The minimum atomic E-state index is 0.738. The van der Waals surface area contributed by atoms with Gasteiger partial charge in [0.05, 0.1) is 10.7 Å². The van der Waals surface area contributed by atoms with Gasteiger partial charge in [-0.05, 0) is 30.7 Å². The number of fused-ring (bicyclic) bond motifs is 1. The lowest BCUT2D eigenvalue weighted by molar-refractivity contribution is 0.640. The summed E-state index contributed by atoms with van der Waals surface area (Å²) < 4.78 is 1.98. The number of nitrogens with one attached hydrogen (secondary N) is 1. The first-order valence-electron chi connectivity index (χ1n) is 6.27. The van der Waals surface area contributed by atoms with Crippen molar-refractivity contribution in [3.05, 3.63) is 35.2 Å². The zero-order valence-electron chi connectivity index (χ0n) is 10.1. The van der Waals surface area contributed by atoms with E-state index in [4.69, 9.17) is 11.6 Å². The normalized spacial score (nSPS) is 19.7. The Balaban J connectivity index is 1.60. The van der Waals surface area contributed by atoms with E-state index in [1.807, 2.05) is 28.9 Å². The van der Waals surface area contributed by atoms with Crippen LogP contribution in [0, 0.1) is 0 Å². The first-order chi connectivity index (χ1) is 8.81. The van der Waals surface area contributed by atoms with E-state index in [0.717, 1.165) is 34.7 Å². The average Bonchev–Trinajstić information content (AvgIpc) is 2.97. The summed E-state index contributed by atoms with van der Waals surface area (Å²) in [7, 11) is 0. The molecule has 1 aliphatic rings. The molecule has 3 rings (SSSR count). The molecule has 0 radical (unpaired) electrons. The average molecular weight is 282 g/mol. The van der Waals surface area contributed by atoms with Crippen molar-refractivity contribution in [1.82, 2.24) is 14.7 Å². The molecule has 1 fully saturated rings. The molecule has 1 N–H and O–H groups in total. The van der Waals surface area contributed by atoms with Crippen LogP contribution in [0.4, 0.5) is 0 Å². The molecule has 5 heteroatoms. The molecular formula is C13H16ClN3S. The van der Waals surface area contributed by atoms with Gasteiger partial charge < -0.3 is 9.72 Å². The largest absolute Gasteiger partial charge is 0.310 e. The molecule has 0 amide bonds. The summed E-state index contributed by atoms with van der Waals surface area (Å²) >= 11 is 8.03. The van der Waals surface area contributed by atoms with Crippen LogP contribution < -0.4 is 5.32 Å². The molecule has 3 heterocycles. The van der Waals surface area contributed by atoms with Gasteiger partial charge in [0.2, 0.25) is 0 Å². The Kier molecular flexibility index (Phi) is 3.77. The van der Waals surface area contributed by atoms with Crippen molar-refractivity contribution in [2.75, 3.05) is 12.3 Å². The lowest BCUT2D eigenvalue weighted by atomic mass is 10.2. The standard InChI is InChI=1S/C13H16ClN3S/c14-10-3-4-13-16-11(9-17(13)8-10)6-15-7-12-2-1-5-18-12/h3-4,8-9,12,15H,1-2,5-7H2. The molecule has 2 aromatic rings. The van der Waals surface area contributed by atoms with Crippen LogP contribution in [0.25, 0.3) is 5.65 Å². The van der Waals surface area contributed by atoms with Gasteiger partial charge in [-0.1, -0.05) is 11.6 Å². The van der Waals surface area contributed by atoms with E-state index in [2.05, 4.69) is 22.1 Å². The van der Waals surface area contributed by atoms with Gasteiger partial charge in [-0.3, -0.25) is 0 Å². The molecule has 1 atom stereocenters. The van der Waals surface area contributed by atoms with Crippen LogP contribution in [0.15, 0.2) is 24.5 Å². The van der Waals surface area contributed by atoms with Gasteiger partial charge in [-0.25, -0.2) is 4.98 Å². The minimum absolute atomic E-state index is 0.738. The third-order valence-corrected chi connectivity index (χ3v) is 4.79. The first kappa shape index (κ1) is 12.3. The Labute approximate surface area is 116 Å². The van der Waals surface area contributed by atoms with Crippen molar-refractivity contribution in [3.8, 4) is 0 Å². The van der Waals surface area contributed by atoms with E-state index in [0.29, 0.717) is 0 Å². The number of aromatic nitrogens is 2. The molecule has 1 saturated heterocycles. The third-order valence-electron chi connectivity index (χ3n) is 3.17. The number of nitrogens with zero attached hydrogens (tertiary/aromatic N) is 2. The van der Waals surface area contributed by atoms with Gasteiger partial charge in [-0.2, -0.15) is 11.8 Å². The summed E-state index contributed by atoms with van der Waals surface area (Å²) in [5, 5.41) is 5.02. The zero-order valence-corrected chi connectivity index (χ0v) is 11.7. The number of thioether (sulfide) groups is 1. The minimum Gasteiger partial charge on any atom is -0.310 e. The Morgan fingerprint density at radius 2 is 2.39 bits per heavy atom. The van der Waals surface area contributed by atoms with E-state index in [-0.39, 0.29) is 0 Å². The fourth-order valence-electron chi connectivity index (χ4n) is 2.27. The third kappa shape index (κ3) is 2.82. The van der Waals surface area contributed by atoms with E-state index >= 15 is 0 Å². The van der Waals surface area contributed by atoms with Crippen LogP contribution in [0.5, 0.6) is 0 Å². The van der Waals surface area contributed by atoms with E-state index < -0.39 is 0 Å². The second-order valence-corrected chi connectivity index (χ2v) is 6.46. The van der Waals surface area contributed by atoms with Gasteiger partial charge in [0, 0.05) is 30.7 Å². The SMILES string of the molecule is Clc1ccc2nc(CNCC3CCCS3)cn2c1. The molecule has 0 aliphatic carbocycles. The number of imidazole rings is 1. The summed E-state index contributed by atoms with van der Waals surface area (Å²) in [5.74, 6) is 1.32. The summed E-state index contributed by atoms with van der Waals surface area (Å²) in [6, 6.07) is 3.81. The fraction of sp³-hybridized carbons (Fsp3) is 0.462. The predicted octanol–water partition coefficient (Wildman–Crippen LogP) is 2.97. The molecule has 18 heavy (non-hydrogen) atoms. The number of pyridine rings is 1. The highest BCUT2D eigenvalue weighted by Gasteiger charge is 2.14. The number of halogens is 1. The molecule has 0 saturated carbocycles. The highest BCUT2D eigenvalue weighted by atomic mass is 35.5. The second-order valence-electron chi connectivity index (χ2n) is 4.61. The monoisotopic (exact) mass is 281 g/mol. The first-order valence-corrected chi connectivity index (χ1v) is 7.69. The smallest absolute Gasteiger partial charge is 0.137 e. The summed E-state index contributed by atoms with van der Waals surface area (Å²) in [6.07, 6.45) is 6.64. The second kappa shape index (κ2) is 5.51. The van der Waals surface area contributed by atoms with Crippen molar-refractivity contribution in [3.63, 3.8) is 0 Å². The Hall–Kier alpha value is -0.710. The van der Waals surface area contributed by atoms with Crippen LogP contribution in [-0.4, -0.2) is 26.9 Å². The zero-order chi connectivity index (χ0) is 12.4. The van der Waals surface area contributed by atoms with E-state index in [1.165, 1.54) is 18.6 Å². The maximum Gasteiger partial charge on any atom is 0.137 e. The molecule has 0 bridgehead atoms. The highest BCUT2D eigenvalue weighted by molar-refractivity contribution is 8.00. The van der Waals surface area contributed by atoms with Crippen LogP contribution in [-0.2, 0) is 6.54 Å². The molecule has 2 aromatic heterocycles. The van der Waals surface area contributed by atoms with E-state index in [9.17, 15) is 0 Å². The molecule has 1 unspecified atom stereocenters. The molecule has 1 aliphatic heterocycles. The maximum atomic E-state index is 5.95. The van der Waals surface area contributed by atoms with Crippen LogP contribution in [0.2, 0.25) is 5.02 Å². The number of hydrogen-bond donors (Lipinski definition) is 1. The van der Waals surface area contributed by atoms with Crippen LogP contribution >= 0.6 is 23.4 Å². The van der Waals surface area contributed by atoms with Gasteiger partial charge in [0.25, 0.3) is 0 Å². The van der Waals surface area contributed by atoms with Crippen molar-refractivity contribution in [1.29, 1.82) is 0 Å². The van der Waals surface area contributed by atoms with Crippen molar-refractivity contribution in [2.24, 2.45) is 0 Å². The van der Waals surface area contributed by atoms with Crippen molar-refractivity contribution >= 4 is 29.0 Å². The van der Waals surface area contributed by atoms with Gasteiger partial charge in [0.15, 0.2) is 0 Å². The lowest BCUT2D eigenvalue weighted by Gasteiger charge is -2.08. The number of hydrogen-bond acceptors (Lipinski definition) is 3. The number of rotatable bonds is 4. The summed E-state index contributed by atoms with van der Waals surface area (Å²) in [5.41, 5.74) is 2.02. The van der Waals surface area contributed by atoms with Crippen molar-refractivity contribution < 1.29 is 0 Å². The highest BCUT2D eigenvalue weighted by Crippen LogP contribution is 2.25. The molecule has 96 valence electrons. The topological polar surface area (TPSA) is 29.3 Å². The Morgan fingerprint density at radius 3 is 3.22 bits per heavy atom. The maximum absolute atomic E-state index is 5.95. The molecular weight excluding hydrogens is 266 g/mol. The van der Waals surface area contributed by atoms with Crippen LogP contribution in [0.3, 0.4) is 0 Å². The molecule has 3 nitrogen and oxygen atoms in total. The lowest BCUT2D eigenvalue weighted by Crippen LogP contribution is -2.22. The van der Waals surface area contributed by atoms with Crippen molar-refractivity contribution in [2.45, 2.75) is 24.6 Å². The predicted molar refractivity (Wildman–Crippen MR) is 77.4 cm³/mol. The summed E-state index contributed by atoms with van der Waals surface area (Å²) in [6.45, 7) is 1.91. The van der Waals surface area contributed by atoms with Gasteiger partial charge in [0.1, 0.15) is 5.65 Å². The van der Waals surface area contributed by atoms with Crippen LogP contribution in [0.1, 0.15) is 18.5 Å². The summed E-state index contributed by atoms with van der Waals surface area (Å²) in [4.78, 5) is 4.55. The van der Waals surface area contributed by atoms with Gasteiger partial charge in [-0.15, -0.1) is 0 Å². The van der Waals surface area contributed by atoms with Gasteiger partial charge >= 0.3 is 0 Å². The Bertz CT molecular complexity index is 534.